The molecule has 1 aliphatic heterocycles. The summed E-state index contributed by atoms with van der Waals surface area (Å²) >= 11 is 0. The second kappa shape index (κ2) is 28.3. The number of nitrogens with zero attached hydrogens (tertiary/aromatic N) is 4. The first-order chi connectivity index (χ1) is 41.0. The fraction of sp³-hybridized carbons (Fsp3) is 0.292. The van der Waals surface area contributed by atoms with Crippen molar-refractivity contribution in [1.82, 2.24) is 15.1 Å². The van der Waals surface area contributed by atoms with Crippen LogP contribution >= 0.6 is 0 Å². The number of halogens is 1. The number of carbonyl (C=O) groups is 2. The molecule has 0 bridgehead atoms. The highest BCUT2D eigenvalue weighted by molar-refractivity contribution is 6.98. The quantitative estimate of drug-likeness (QED) is 0.0149. The Balaban J connectivity index is 0.00000982. The predicted octanol–water partition coefficient (Wildman–Crippen LogP) is 6.59. The topological polar surface area (TPSA) is 140 Å². The third kappa shape index (κ3) is 14.5. The molecule has 0 spiro atoms. The van der Waals surface area contributed by atoms with E-state index in [9.17, 15) is 29.7 Å². The highest BCUT2D eigenvalue weighted by atomic mass is 35.5. The zero-order chi connectivity index (χ0) is 61.7. The molecule has 0 saturated heterocycles. The number of hydrogen-bond acceptors (Lipinski definition) is 9. The number of hydrogen-bond donors (Lipinski definition) is 5. The first-order valence-corrected chi connectivity index (χ1v) is 33.1. The fourth-order valence-electron chi connectivity index (χ4n) is 12.6. The van der Waals surface area contributed by atoms with Crippen LogP contribution < -0.4 is 38.7 Å². The number of carbonyl (C=O) groups excluding carboxylic acids is 2. The lowest BCUT2D eigenvalue weighted by molar-refractivity contribution is -0.462. The van der Waals surface area contributed by atoms with Crippen LogP contribution in [0.1, 0.15) is 84.0 Å². The van der Waals surface area contributed by atoms with Crippen LogP contribution in [-0.4, -0.2) is 122 Å². The Morgan fingerprint density at radius 1 is 0.621 bits per heavy atom. The lowest BCUT2D eigenvalue weighted by Crippen LogP contribution is -3.00. The minimum Gasteiger partial charge on any atom is -1.00 e. The summed E-state index contributed by atoms with van der Waals surface area (Å²) < 4.78 is 2.20. The smallest absolute Gasteiger partial charge is 0.488 e. The lowest BCUT2D eigenvalue weighted by Gasteiger charge is -2.38. The van der Waals surface area contributed by atoms with Crippen molar-refractivity contribution in [2.24, 2.45) is 0 Å². The van der Waals surface area contributed by atoms with E-state index >= 15 is 0 Å². The van der Waals surface area contributed by atoms with Crippen LogP contribution in [0.4, 0.5) is 5.69 Å². The van der Waals surface area contributed by atoms with Crippen LogP contribution in [0.5, 0.6) is 0 Å². The number of nitrogens with one attached hydrogen (secondary N) is 1. The Bertz CT molecular complexity index is 3940. The van der Waals surface area contributed by atoms with Crippen LogP contribution in [0.25, 0.3) is 38.2 Å². The van der Waals surface area contributed by atoms with Gasteiger partial charge in [-0.3, -0.25) is 19.4 Å². The summed E-state index contributed by atoms with van der Waals surface area (Å²) in [6, 6.07) is 42.2. The minimum atomic E-state index is -2.18. The van der Waals surface area contributed by atoms with Crippen molar-refractivity contribution in [1.29, 1.82) is 0 Å². The molecule has 5 N–H and O–H groups in total. The van der Waals surface area contributed by atoms with Gasteiger partial charge in [0.25, 0.3) is 0 Å². The molecule has 7 aromatic rings. The zero-order valence-electron chi connectivity index (χ0n) is 52.4. The molecular weight excluding hydrogens is 1120 g/mol. The molecule has 9 rings (SSSR count). The van der Waals surface area contributed by atoms with Gasteiger partial charge in [-0.15, -0.1) is 0 Å². The number of Topliss-reactive ketones (excluding diaryl/α,β-unsaturated/α-hetero) is 1. The molecule has 0 fully saturated rings. The molecule has 87 heavy (non-hydrogen) atoms. The number of unbranched alkanes of at least 4 members (excludes halogenated alkanes) is 1. The normalized spacial score (nSPS) is 13.3. The second-order valence-electron chi connectivity index (χ2n) is 24.6. The maximum absolute atomic E-state index is 12.8. The molecule has 450 valence electrons. The van der Waals surface area contributed by atoms with Gasteiger partial charge < -0.3 is 42.7 Å². The van der Waals surface area contributed by atoms with Crippen LogP contribution in [0.15, 0.2) is 175 Å². The molecule has 1 amide bonds. The number of rotatable bonds is 24. The average molecular weight is 1200 g/mol. The fourth-order valence-corrected chi connectivity index (χ4v) is 15.7. The first-order valence-electron chi connectivity index (χ1n) is 30.1. The number of benzene rings is 7. The summed E-state index contributed by atoms with van der Waals surface area (Å²) in [5.74, 6) is -0.133. The molecule has 15 heteroatoms. The summed E-state index contributed by atoms with van der Waals surface area (Å²) in [4.78, 5) is 32.4. The van der Waals surface area contributed by atoms with Crippen molar-refractivity contribution >= 4 is 88.6 Å². The van der Waals surface area contributed by atoms with E-state index in [1.54, 1.807) is 26.0 Å². The molecule has 1 heterocycles. The summed E-state index contributed by atoms with van der Waals surface area (Å²) in [7, 11) is 2.97. The maximum atomic E-state index is 12.8. The summed E-state index contributed by atoms with van der Waals surface area (Å²) in [6.07, 6.45) is 9.49. The van der Waals surface area contributed by atoms with Gasteiger partial charge >= 0.3 is 14.2 Å². The highest BCUT2D eigenvalue weighted by Gasteiger charge is 2.41. The van der Waals surface area contributed by atoms with Crippen LogP contribution in [0, 0.1) is 13.8 Å². The van der Waals surface area contributed by atoms with Crippen molar-refractivity contribution in [2.75, 3.05) is 52.7 Å². The van der Waals surface area contributed by atoms with Gasteiger partial charge in [-0.1, -0.05) is 129 Å². The van der Waals surface area contributed by atoms with Gasteiger partial charge in [0.15, 0.2) is 11.5 Å². The monoisotopic (exact) mass is 1200 g/mol. The maximum Gasteiger partial charge on any atom is 0.488 e. The average Bonchev–Trinajstić information content (AvgIpc) is 0.752. The Morgan fingerprint density at radius 3 is 1.75 bits per heavy atom. The van der Waals surface area contributed by atoms with Gasteiger partial charge in [-0.2, -0.15) is 0 Å². The number of ketones is 1. The lowest BCUT2D eigenvalue weighted by atomic mass is 9.77. The summed E-state index contributed by atoms with van der Waals surface area (Å²) in [5, 5.41) is 52.7. The molecule has 0 aromatic heterocycles. The molecule has 2 aliphatic rings. The number of anilines is 1. The molecule has 7 aromatic carbocycles. The number of fused-ring (bicyclic) bond motifs is 4. The minimum absolute atomic E-state index is 0. The van der Waals surface area contributed by atoms with Crippen LogP contribution in [0.3, 0.4) is 0 Å². The van der Waals surface area contributed by atoms with Crippen molar-refractivity contribution < 1.29 is 46.7 Å². The Hall–Kier alpha value is -7.23. The molecular formula is C72H84B2ClN5O6Si. The van der Waals surface area contributed by atoms with Crippen LogP contribution in [0.2, 0.25) is 13.1 Å². The third-order valence-electron chi connectivity index (χ3n) is 17.5. The third-order valence-corrected chi connectivity index (χ3v) is 21.0. The van der Waals surface area contributed by atoms with E-state index in [0.717, 1.165) is 66.9 Å². The highest BCUT2D eigenvalue weighted by Crippen LogP contribution is 2.45. The predicted molar refractivity (Wildman–Crippen MR) is 361 cm³/mol. The standard InChI is InChI=1S/C72H83B2N5O6Si.ClH/c1-47(2)68(80)28-19-20-36-78(43-52-22-13-17-26-66(52)73(82)83)46-65-57-25-16-15-24-56(57)64(45-79(37-21-35-75-72(81)48(3)4)44-53-23-14-18-27-67(53)74(84)85)58-32-29-51(40-63(58)65)61-38-50(6)62(39-49(61)5)71-59-33-30-54(76(7)8)41-69(59)86(11,12)70-42-55(77(9)10)31-34-60(70)71;/h13-18,22-27,29-34,38-42,82-85H,1,3,19-21,28,35-37,43-46H2,2,4-12H3;1H. The van der Waals surface area contributed by atoms with Gasteiger partial charge in [-0.25, -0.2) is 4.58 Å². The van der Waals surface area contributed by atoms with Crippen molar-refractivity contribution in [3.8, 4) is 11.1 Å². The largest absolute Gasteiger partial charge is 1.00 e. The summed E-state index contributed by atoms with van der Waals surface area (Å²) in [6.45, 7) is 24.2. The number of aryl methyl sites for hydroxylation is 2. The SMILES string of the molecule is C=C(C)C(=O)CCCCN(Cc1ccccc1B(O)O)Cc1c2ccccc2c(CN(CCCNC(=O)C(=C)C)Cc2ccccc2B(O)O)c2ccc(-c3cc(C)c(C4=C5C=CC(=[N+](C)C)C=C5[Si](C)(C)c5cc(N(C)C)ccc54)cc3C)cc12.[Cl-]. The van der Waals surface area contributed by atoms with Crippen molar-refractivity contribution in [3.05, 3.63) is 219 Å². The van der Waals surface area contributed by atoms with E-state index < -0.39 is 22.3 Å². The van der Waals surface area contributed by atoms with E-state index in [-0.39, 0.29) is 24.1 Å². The van der Waals surface area contributed by atoms with Gasteiger partial charge in [0.1, 0.15) is 22.2 Å². The van der Waals surface area contributed by atoms with E-state index in [1.165, 1.54) is 49.6 Å². The van der Waals surface area contributed by atoms with Gasteiger partial charge in [0.2, 0.25) is 5.91 Å². The van der Waals surface area contributed by atoms with E-state index in [2.05, 4.69) is 184 Å². The van der Waals surface area contributed by atoms with E-state index in [0.29, 0.717) is 87.1 Å². The van der Waals surface area contributed by atoms with Crippen molar-refractivity contribution in [3.63, 3.8) is 0 Å². The van der Waals surface area contributed by atoms with Gasteiger partial charge in [-0.05, 0) is 193 Å². The number of allylic oxidation sites excluding steroid dienone is 6. The first kappa shape index (κ1) is 65.7. The molecule has 11 nitrogen and oxygen atoms in total. The molecule has 0 atom stereocenters. The zero-order valence-corrected chi connectivity index (χ0v) is 54.2. The van der Waals surface area contributed by atoms with Gasteiger partial charge in [0.05, 0.1) is 0 Å². The van der Waals surface area contributed by atoms with Crippen LogP contribution in [-0.2, 0) is 35.8 Å². The molecule has 1 aliphatic carbocycles. The Kier molecular flexibility index (Phi) is 21.4. The van der Waals surface area contributed by atoms with Crippen molar-refractivity contribution in [2.45, 2.75) is 92.7 Å². The number of amides is 1. The Morgan fingerprint density at radius 2 is 1.17 bits per heavy atom. The van der Waals surface area contributed by atoms with E-state index in [4.69, 9.17) is 0 Å². The van der Waals surface area contributed by atoms with E-state index in [1.807, 2.05) is 36.4 Å². The van der Waals surface area contributed by atoms with Gasteiger partial charge in [0, 0.05) is 83.2 Å². The molecule has 0 radical (unpaired) electrons. The molecule has 0 unspecified atom stereocenters. The summed E-state index contributed by atoms with van der Waals surface area (Å²) in [5.41, 5.74) is 17.7. The Labute approximate surface area is 523 Å². The second-order valence-corrected chi connectivity index (χ2v) is 28.9. The molecule has 0 saturated carbocycles.